The van der Waals surface area contributed by atoms with Crippen molar-refractivity contribution in [3.8, 4) is 0 Å². The summed E-state index contributed by atoms with van der Waals surface area (Å²) in [5.74, 6) is -0.196. The van der Waals surface area contributed by atoms with E-state index in [-0.39, 0.29) is 29.7 Å². The van der Waals surface area contributed by atoms with Gasteiger partial charge in [0.05, 0.1) is 10.4 Å². The van der Waals surface area contributed by atoms with Crippen LogP contribution in [-0.2, 0) is 0 Å². The summed E-state index contributed by atoms with van der Waals surface area (Å²) in [5.41, 5.74) is 0.813. The third-order valence-corrected chi connectivity index (χ3v) is 3.36. The molecule has 1 aliphatic heterocycles. The standard InChI is InChI=1S/C12H13N5O3.ClH/c18-12(16-5-3-13-4-6-16)11-9-7-8(17(19)20)1-2-10(9)14-15-11;/h1-2,7,13H,3-6H2,(H,14,15);1H. The van der Waals surface area contributed by atoms with Crippen LogP contribution in [0.1, 0.15) is 10.5 Å². The number of hydrogen-bond donors (Lipinski definition) is 2. The van der Waals surface area contributed by atoms with Crippen molar-refractivity contribution in [1.82, 2.24) is 20.4 Å². The molecule has 0 aliphatic carbocycles. The van der Waals surface area contributed by atoms with Crippen molar-refractivity contribution >= 4 is 34.9 Å². The number of carbonyl (C=O) groups excluding carboxylic acids is 1. The number of nitro groups is 1. The first-order valence-corrected chi connectivity index (χ1v) is 6.29. The number of nitrogens with one attached hydrogen (secondary N) is 2. The number of piperazine rings is 1. The van der Waals surface area contributed by atoms with E-state index in [1.165, 1.54) is 12.1 Å². The molecule has 0 bridgehead atoms. The molecule has 1 aromatic heterocycles. The van der Waals surface area contributed by atoms with E-state index in [2.05, 4.69) is 15.5 Å². The average Bonchev–Trinajstić information content (AvgIpc) is 2.90. The summed E-state index contributed by atoms with van der Waals surface area (Å²) in [6.45, 7) is 2.71. The van der Waals surface area contributed by atoms with Gasteiger partial charge in [-0.15, -0.1) is 12.4 Å². The lowest BCUT2D eigenvalue weighted by molar-refractivity contribution is -0.384. The van der Waals surface area contributed by atoms with Crippen LogP contribution in [0.25, 0.3) is 10.9 Å². The van der Waals surface area contributed by atoms with Crippen LogP contribution in [0.3, 0.4) is 0 Å². The number of non-ortho nitro benzene ring substituents is 1. The van der Waals surface area contributed by atoms with E-state index >= 15 is 0 Å². The molecule has 2 aromatic rings. The van der Waals surface area contributed by atoms with Crippen molar-refractivity contribution in [3.63, 3.8) is 0 Å². The van der Waals surface area contributed by atoms with Gasteiger partial charge in [-0.3, -0.25) is 20.0 Å². The molecule has 1 saturated heterocycles. The number of nitro benzene ring substituents is 1. The smallest absolute Gasteiger partial charge is 0.275 e. The summed E-state index contributed by atoms with van der Waals surface area (Å²) in [6.07, 6.45) is 0. The summed E-state index contributed by atoms with van der Waals surface area (Å²) < 4.78 is 0. The normalized spacial score (nSPS) is 14.8. The van der Waals surface area contributed by atoms with Crippen molar-refractivity contribution in [1.29, 1.82) is 0 Å². The van der Waals surface area contributed by atoms with Crippen molar-refractivity contribution in [2.24, 2.45) is 0 Å². The Kier molecular flexibility index (Phi) is 4.39. The fourth-order valence-corrected chi connectivity index (χ4v) is 2.30. The third kappa shape index (κ3) is 2.81. The second-order valence-electron chi connectivity index (χ2n) is 4.60. The first kappa shape index (κ1) is 15.2. The van der Waals surface area contributed by atoms with Crippen LogP contribution in [0.2, 0.25) is 0 Å². The van der Waals surface area contributed by atoms with Gasteiger partial charge < -0.3 is 10.2 Å². The van der Waals surface area contributed by atoms with E-state index in [9.17, 15) is 14.9 Å². The second-order valence-corrected chi connectivity index (χ2v) is 4.60. The minimum atomic E-state index is -0.481. The van der Waals surface area contributed by atoms with Gasteiger partial charge in [0.2, 0.25) is 0 Å². The van der Waals surface area contributed by atoms with E-state index < -0.39 is 4.92 Å². The number of aromatic nitrogens is 2. The van der Waals surface area contributed by atoms with E-state index in [1.54, 1.807) is 11.0 Å². The summed E-state index contributed by atoms with van der Waals surface area (Å²) >= 11 is 0. The summed E-state index contributed by atoms with van der Waals surface area (Å²) in [4.78, 5) is 24.4. The molecule has 1 aromatic carbocycles. The molecule has 1 aliphatic rings. The number of fused-ring (bicyclic) bond motifs is 1. The molecule has 1 fully saturated rings. The molecule has 2 heterocycles. The molecule has 0 radical (unpaired) electrons. The molecule has 2 N–H and O–H groups in total. The van der Waals surface area contributed by atoms with Gasteiger partial charge in [0.1, 0.15) is 0 Å². The van der Waals surface area contributed by atoms with Crippen molar-refractivity contribution in [3.05, 3.63) is 34.0 Å². The third-order valence-electron chi connectivity index (χ3n) is 3.36. The van der Waals surface area contributed by atoms with Gasteiger partial charge in [-0.05, 0) is 6.07 Å². The van der Waals surface area contributed by atoms with Crippen LogP contribution < -0.4 is 5.32 Å². The van der Waals surface area contributed by atoms with Crippen LogP contribution in [0.5, 0.6) is 0 Å². The van der Waals surface area contributed by atoms with E-state index in [0.717, 1.165) is 13.1 Å². The van der Waals surface area contributed by atoms with Crippen molar-refractivity contribution < 1.29 is 9.72 Å². The number of H-pyrrole nitrogens is 1. The predicted octanol–water partition coefficient (Wildman–Crippen LogP) is 0.938. The van der Waals surface area contributed by atoms with Crippen LogP contribution in [0, 0.1) is 10.1 Å². The highest BCUT2D eigenvalue weighted by atomic mass is 35.5. The largest absolute Gasteiger partial charge is 0.335 e. The molecule has 112 valence electrons. The van der Waals surface area contributed by atoms with Crippen molar-refractivity contribution in [2.75, 3.05) is 26.2 Å². The fourth-order valence-electron chi connectivity index (χ4n) is 2.30. The molecule has 3 rings (SSSR count). The molecular formula is C12H14ClN5O3. The first-order valence-electron chi connectivity index (χ1n) is 6.29. The van der Waals surface area contributed by atoms with E-state index in [1.807, 2.05) is 0 Å². The topological polar surface area (TPSA) is 104 Å². The highest BCUT2D eigenvalue weighted by Gasteiger charge is 2.23. The van der Waals surface area contributed by atoms with Crippen LogP contribution in [-0.4, -0.2) is 52.1 Å². The van der Waals surface area contributed by atoms with Gasteiger partial charge in [0.15, 0.2) is 5.69 Å². The summed E-state index contributed by atoms with van der Waals surface area (Å²) in [6, 6.07) is 4.34. The minimum Gasteiger partial charge on any atom is -0.335 e. The highest BCUT2D eigenvalue weighted by molar-refractivity contribution is 6.05. The van der Waals surface area contributed by atoms with Crippen LogP contribution in [0.4, 0.5) is 5.69 Å². The van der Waals surface area contributed by atoms with Gasteiger partial charge in [0, 0.05) is 43.7 Å². The lowest BCUT2D eigenvalue weighted by Gasteiger charge is -2.26. The SMILES string of the molecule is Cl.O=C(c1n[nH]c2ccc([N+](=O)[O-])cc12)N1CCNCC1. The zero-order chi connectivity index (χ0) is 14.1. The molecule has 8 nitrogen and oxygen atoms in total. The maximum absolute atomic E-state index is 12.4. The Morgan fingerprint density at radius 2 is 2.05 bits per heavy atom. The Morgan fingerprint density at radius 3 is 2.71 bits per heavy atom. The van der Waals surface area contributed by atoms with Crippen LogP contribution >= 0.6 is 12.4 Å². The Labute approximate surface area is 126 Å². The Bertz CT molecular complexity index is 681. The summed E-state index contributed by atoms with van der Waals surface area (Å²) in [7, 11) is 0. The number of hydrogen-bond acceptors (Lipinski definition) is 5. The number of halogens is 1. The van der Waals surface area contributed by atoms with Crippen molar-refractivity contribution in [2.45, 2.75) is 0 Å². The number of nitrogens with zero attached hydrogens (tertiary/aromatic N) is 3. The predicted molar refractivity (Wildman–Crippen MR) is 78.8 cm³/mol. The van der Waals surface area contributed by atoms with Gasteiger partial charge in [-0.25, -0.2) is 0 Å². The second kappa shape index (κ2) is 6.06. The Balaban J connectivity index is 0.00000161. The lowest BCUT2D eigenvalue weighted by atomic mass is 10.1. The number of rotatable bonds is 2. The van der Waals surface area contributed by atoms with E-state index in [0.29, 0.717) is 24.0 Å². The highest BCUT2D eigenvalue weighted by Crippen LogP contribution is 2.23. The number of benzene rings is 1. The Hall–Kier alpha value is -2.19. The molecule has 9 heteroatoms. The zero-order valence-electron chi connectivity index (χ0n) is 11.0. The molecular weight excluding hydrogens is 298 g/mol. The van der Waals surface area contributed by atoms with Gasteiger partial charge >= 0.3 is 0 Å². The molecule has 21 heavy (non-hydrogen) atoms. The zero-order valence-corrected chi connectivity index (χ0v) is 11.9. The minimum absolute atomic E-state index is 0. The monoisotopic (exact) mass is 311 g/mol. The van der Waals surface area contributed by atoms with Gasteiger partial charge in [-0.2, -0.15) is 5.10 Å². The lowest BCUT2D eigenvalue weighted by Crippen LogP contribution is -2.46. The first-order chi connectivity index (χ1) is 9.66. The quantitative estimate of drug-likeness (QED) is 0.634. The maximum Gasteiger partial charge on any atom is 0.275 e. The Morgan fingerprint density at radius 1 is 1.33 bits per heavy atom. The maximum atomic E-state index is 12.4. The molecule has 0 spiro atoms. The molecule has 0 saturated carbocycles. The average molecular weight is 312 g/mol. The number of carbonyl (C=O) groups is 1. The molecule has 0 atom stereocenters. The number of aromatic amines is 1. The van der Waals surface area contributed by atoms with Gasteiger partial charge in [0.25, 0.3) is 11.6 Å². The molecule has 1 amide bonds. The van der Waals surface area contributed by atoms with Gasteiger partial charge in [-0.1, -0.05) is 0 Å². The van der Waals surface area contributed by atoms with E-state index in [4.69, 9.17) is 0 Å². The summed E-state index contributed by atoms with van der Waals surface area (Å²) in [5, 5.41) is 21.2. The molecule has 0 unspecified atom stereocenters. The number of amides is 1. The fraction of sp³-hybridized carbons (Fsp3) is 0.333. The van der Waals surface area contributed by atoms with Crippen LogP contribution in [0.15, 0.2) is 18.2 Å².